The van der Waals surface area contributed by atoms with Crippen LogP contribution in [-0.2, 0) is 23.9 Å². The van der Waals surface area contributed by atoms with E-state index in [2.05, 4.69) is 10.6 Å². The van der Waals surface area contributed by atoms with Crippen LogP contribution in [0.2, 0.25) is 0 Å². The molecule has 162 valence electrons. The van der Waals surface area contributed by atoms with Crippen LogP contribution in [0.3, 0.4) is 0 Å². The Morgan fingerprint density at radius 2 is 1.97 bits per heavy atom. The molecule has 1 aromatic heterocycles. The second-order valence-electron chi connectivity index (χ2n) is 7.55. The molecular weight excluding hydrogens is 414 g/mol. The molecule has 0 bridgehead atoms. The van der Waals surface area contributed by atoms with E-state index in [1.165, 1.54) is 25.2 Å². The quantitative estimate of drug-likeness (QED) is 0.467. The van der Waals surface area contributed by atoms with Crippen LogP contribution in [-0.4, -0.2) is 60.0 Å². The van der Waals surface area contributed by atoms with Crippen LogP contribution in [0.1, 0.15) is 55.5 Å². The number of rotatable bonds is 8. The van der Waals surface area contributed by atoms with Crippen LogP contribution in [0.15, 0.2) is 5.38 Å². The van der Waals surface area contributed by atoms with Gasteiger partial charge in [-0.15, -0.1) is 11.3 Å². The van der Waals surface area contributed by atoms with Gasteiger partial charge in [-0.1, -0.05) is 0 Å². The van der Waals surface area contributed by atoms with Gasteiger partial charge in [-0.2, -0.15) is 0 Å². The van der Waals surface area contributed by atoms with E-state index in [0.717, 1.165) is 23.3 Å². The van der Waals surface area contributed by atoms with Crippen molar-refractivity contribution in [2.75, 3.05) is 25.1 Å². The van der Waals surface area contributed by atoms with Crippen LogP contribution < -0.4 is 10.6 Å². The van der Waals surface area contributed by atoms with Gasteiger partial charge in [-0.3, -0.25) is 19.3 Å². The molecule has 0 aromatic carbocycles. The fourth-order valence-electron chi connectivity index (χ4n) is 3.02. The van der Waals surface area contributed by atoms with Crippen LogP contribution in [0.25, 0.3) is 0 Å². The standard InChI is InChI=1S/C19H23N3O7S/c1-4-28-16(25)14-11(10-5-6-10)9-30-15(14)20-12(23)8-29-13(24)7-22-17(26)19(2,3)21-18(22)27/h9-10H,4-8H2,1-3H3,(H,20,23)(H,21,27). The number of hydrogen-bond acceptors (Lipinski definition) is 8. The predicted molar refractivity (Wildman–Crippen MR) is 106 cm³/mol. The van der Waals surface area contributed by atoms with Crippen LogP contribution >= 0.6 is 11.3 Å². The number of imide groups is 1. The number of hydrogen-bond donors (Lipinski definition) is 2. The first-order valence-electron chi connectivity index (χ1n) is 9.52. The summed E-state index contributed by atoms with van der Waals surface area (Å²) in [4.78, 5) is 61.1. The largest absolute Gasteiger partial charge is 0.462 e. The third-order valence-electron chi connectivity index (χ3n) is 4.67. The van der Waals surface area contributed by atoms with Gasteiger partial charge in [-0.25, -0.2) is 9.59 Å². The third kappa shape index (κ3) is 4.61. The Morgan fingerprint density at radius 3 is 2.53 bits per heavy atom. The van der Waals surface area contributed by atoms with Crippen molar-refractivity contribution in [1.29, 1.82) is 0 Å². The van der Waals surface area contributed by atoms with Crippen molar-refractivity contribution < 1.29 is 33.4 Å². The summed E-state index contributed by atoms with van der Waals surface area (Å²) in [5.74, 6) is -2.32. The van der Waals surface area contributed by atoms with Crippen molar-refractivity contribution in [3.05, 3.63) is 16.5 Å². The van der Waals surface area contributed by atoms with Gasteiger partial charge in [0.1, 0.15) is 17.1 Å². The maximum Gasteiger partial charge on any atom is 0.341 e. The summed E-state index contributed by atoms with van der Waals surface area (Å²) < 4.78 is 9.97. The highest BCUT2D eigenvalue weighted by molar-refractivity contribution is 7.15. The van der Waals surface area contributed by atoms with Gasteiger partial charge in [0.25, 0.3) is 11.8 Å². The van der Waals surface area contributed by atoms with Crippen LogP contribution in [0.4, 0.5) is 9.80 Å². The molecular formula is C19H23N3O7S. The van der Waals surface area contributed by atoms with Crippen LogP contribution in [0, 0.1) is 0 Å². The molecule has 2 heterocycles. The molecule has 1 saturated heterocycles. The number of carbonyl (C=O) groups excluding carboxylic acids is 5. The number of carbonyl (C=O) groups is 5. The molecule has 10 nitrogen and oxygen atoms in total. The summed E-state index contributed by atoms with van der Waals surface area (Å²) >= 11 is 1.21. The van der Waals surface area contributed by atoms with Crippen molar-refractivity contribution in [2.24, 2.45) is 0 Å². The van der Waals surface area contributed by atoms with E-state index in [-0.39, 0.29) is 12.5 Å². The molecule has 2 N–H and O–H groups in total. The van der Waals surface area contributed by atoms with Gasteiger partial charge < -0.3 is 20.1 Å². The molecule has 1 aromatic rings. The highest BCUT2D eigenvalue weighted by Gasteiger charge is 2.45. The van der Waals surface area contributed by atoms with E-state index in [1.54, 1.807) is 6.92 Å². The van der Waals surface area contributed by atoms with E-state index in [9.17, 15) is 24.0 Å². The normalized spacial score (nSPS) is 17.5. The van der Waals surface area contributed by atoms with Crippen molar-refractivity contribution in [3.63, 3.8) is 0 Å². The molecule has 11 heteroatoms. The Hall–Kier alpha value is -2.95. The highest BCUT2D eigenvalue weighted by Crippen LogP contribution is 2.46. The monoisotopic (exact) mass is 437 g/mol. The summed E-state index contributed by atoms with van der Waals surface area (Å²) in [6, 6.07) is -0.698. The molecule has 4 amide bonds. The number of anilines is 1. The van der Waals surface area contributed by atoms with Crippen molar-refractivity contribution in [2.45, 2.75) is 45.1 Å². The zero-order valence-corrected chi connectivity index (χ0v) is 17.7. The fraction of sp³-hybridized carbons (Fsp3) is 0.526. The van der Waals surface area contributed by atoms with E-state index in [1.807, 2.05) is 5.38 Å². The molecule has 2 aliphatic rings. The maximum atomic E-state index is 12.3. The number of nitrogens with one attached hydrogen (secondary N) is 2. The molecule has 0 unspecified atom stereocenters. The summed E-state index contributed by atoms with van der Waals surface area (Å²) in [5, 5.41) is 7.19. The van der Waals surface area contributed by atoms with Gasteiger partial charge in [0.2, 0.25) is 0 Å². The summed E-state index contributed by atoms with van der Waals surface area (Å²) in [7, 11) is 0. The van der Waals surface area contributed by atoms with E-state index in [4.69, 9.17) is 9.47 Å². The SMILES string of the molecule is CCOC(=O)c1c(C2CC2)csc1NC(=O)COC(=O)CN1C(=O)NC(C)(C)C1=O. The first kappa shape index (κ1) is 21.8. The van der Waals surface area contributed by atoms with E-state index >= 15 is 0 Å². The lowest BCUT2D eigenvalue weighted by Gasteiger charge is -2.15. The van der Waals surface area contributed by atoms with Gasteiger partial charge in [0.15, 0.2) is 6.61 Å². The minimum atomic E-state index is -1.10. The molecule has 3 rings (SSSR count). The molecule has 0 atom stereocenters. The molecule has 0 spiro atoms. The molecule has 1 saturated carbocycles. The number of urea groups is 1. The van der Waals surface area contributed by atoms with E-state index in [0.29, 0.717) is 10.6 Å². The first-order chi connectivity index (χ1) is 14.1. The second kappa shape index (κ2) is 8.42. The van der Waals surface area contributed by atoms with Crippen molar-refractivity contribution in [3.8, 4) is 0 Å². The third-order valence-corrected chi connectivity index (χ3v) is 5.58. The number of thiophene rings is 1. The van der Waals surface area contributed by atoms with Crippen molar-refractivity contribution in [1.82, 2.24) is 10.2 Å². The smallest absolute Gasteiger partial charge is 0.341 e. The summed E-state index contributed by atoms with van der Waals surface area (Å²) in [6.45, 7) is 3.73. The lowest BCUT2D eigenvalue weighted by Crippen LogP contribution is -2.41. The Morgan fingerprint density at radius 1 is 1.27 bits per heavy atom. The minimum absolute atomic E-state index is 0.212. The fourth-order valence-corrected chi connectivity index (χ4v) is 4.06. The van der Waals surface area contributed by atoms with Gasteiger partial charge in [0, 0.05) is 0 Å². The Balaban J connectivity index is 1.56. The maximum absolute atomic E-state index is 12.3. The number of nitrogens with zero attached hydrogens (tertiary/aromatic N) is 1. The average Bonchev–Trinajstić information content (AvgIpc) is 3.40. The number of ether oxygens (including phenoxy) is 2. The lowest BCUT2D eigenvalue weighted by atomic mass is 10.1. The zero-order valence-electron chi connectivity index (χ0n) is 16.9. The van der Waals surface area contributed by atoms with E-state index < -0.39 is 48.5 Å². The average molecular weight is 437 g/mol. The summed E-state index contributed by atoms with van der Waals surface area (Å²) in [5.41, 5.74) is 0.0916. The minimum Gasteiger partial charge on any atom is -0.462 e. The predicted octanol–water partition coefficient (Wildman–Crippen LogP) is 1.61. The first-order valence-corrected chi connectivity index (χ1v) is 10.4. The highest BCUT2D eigenvalue weighted by atomic mass is 32.1. The van der Waals surface area contributed by atoms with Gasteiger partial charge >= 0.3 is 18.0 Å². The Kier molecular flexibility index (Phi) is 6.11. The molecule has 2 fully saturated rings. The lowest BCUT2D eigenvalue weighted by molar-refractivity contribution is -0.150. The van der Waals surface area contributed by atoms with Gasteiger partial charge in [-0.05, 0) is 50.5 Å². The number of amides is 4. The van der Waals surface area contributed by atoms with Gasteiger partial charge in [0.05, 0.1) is 12.2 Å². The second-order valence-corrected chi connectivity index (χ2v) is 8.42. The molecule has 1 aliphatic heterocycles. The summed E-state index contributed by atoms with van der Waals surface area (Å²) in [6.07, 6.45) is 1.96. The Bertz CT molecular complexity index is 904. The molecule has 0 radical (unpaired) electrons. The topological polar surface area (TPSA) is 131 Å². The van der Waals surface area contributed by atoms with Crippen LogP contribution in [0.5, 0.6) is 0 Å². The Labute approximate surface area is 176 Å². The van der Waals surface area contributed by atoms with Crippen molar-refractivity contribution >= 4 is 46.1 Å². The number of esters is 2. The molecule has 1 aliphatic carbocycles. The molecule has 30 heavy (non-hydrogen) atoms. The zero-order chi connectivity index (χ0) is 22.1.